The topological polar surface area (TPSA) is 37.3 Å². The van der Waals surface area contributed by atoms with Gasteiger partial charge in [0.1, 0.15) is 0 Å². The van der Waals surface area contributed by atoms with Gasteiger partial charge in [0.25, 0.3) is 0 Å². The molecule has 0 heterocycles. The maximum absolute atomic E-state index is 10.4. The number of benzene rings is 1. The number of aliphatic carboxylic acids is 1. The van der Waals surface area contributed by atoms with Crippen molar-refractivity contribution in [2.45, 2.75) is 38.5 Å². The number of thioether (sulfide) groups is 1. The minimum Gasteiger partial charge on any atom is -0.481 e. The van der Waals surface area contributed by atoms with Gasteiger partial charge >= 0.3 is 5.97 Å². The molecule has 0 fully saturated rings. The molecule has 0 saturated heterocycles. The molecule has 1 N–H and O–H groups in total. The van der Waals surface area contributed by atoms with Crippen molar-refractivity contribution in [1.82, 2.24) is 0 Å². The van der Waals surface area contributed by atoms with Crippen LogP contribution in [0, 0.1) is 20.8 Å². The Bertz CT molecular complexity index is 363. The summed E-state index contributed by atoms with van der Waals surface area (Å²) < 4.78 is 0. The molecule has 0 amide bonds. The fraction of sp³-hybridized carbons (Fsp3) is 0.462. The highest BCUT2D eigenvalue weighted by Crippen LogP contribution is 2.28. The predicted molar refractivity (Wildman–Crippen MR) is 68.2 cm³/mol. The van der Waals surface area contributed by atoms with Gasteiger partial charge < -0.3 is 5.11 Å². The Morgan fingerprint density at radius 3 is 2.31 bits per heavy atom. The second kappa shape index (κ2) is 5.94. The van der Waals surface area contributed by atoms with Gasteiger partial charge in [0.2, 0.25) is 0 Å². The number of carboxylic acid groups (broad SMARTS) is 1. The number of carboxylic acids is 1. The van der Waals surface area contributed by atoms with Crippen molar-refractivity contribution < 1.29 is 9.90 Å². The van der Waals surface area contributed by atoms with Gasteiger partial charge in [-0.05, 0) is 44.1 Å². The Morgan fingerprint density at radius 2 is 1.81 bits per heavy atom. The molecule has 0 aliphatic carbocycles. The van der Waals surface area contributed by atoms with E-state index in [1.54, 1.807) is 11.8 Å². The van der Waals surface area contributed by atoms with Crippen molar-refractivity contribution in [1.29, 1.82) is 0 Å². The molecule has 0 aliphatic heterocycles. The van der Waals surface area contributed by atoms with Crippen LogP contribution in [-0.4, -0.2) is 16.8 Å². The van der Waals surface area contributed by atoms with E-state index in [0.29, 0.717) is 0 Å². The van der Waals surface area contributed by atoms with Crippen LogP contribution in [-0.2, 0) is 4.79 Å². The van der Waals surface area contributed by atoms with Gasteiger partial charge in [-0.3, -0.25) is 4.79 Å². The summed E-state index contributed by atoms with van der Waals surface area (Å²) in [6.07, 6.45) is 0.990. The number of rotatable bonds is 5. The highest BCUT2D eigenvalue weighted by Gasteiger charge is 2.05. The molecule has 0 unspecified atom stereocenters. The number of aryl methyl sites for hydroxylation is 3. The van der Waals surface area contributed by atoms with Gasteiger partial charge in [0, 0.05) is 11.3 Å². The van der Waals surface area contributed by atoms with Gasteiger partial charge in [-0.25, -0.2) is 0 Å². The maximum Gasteiger partial charge on any atom is 0.303 e. The summed E-state index contributed by atoms with van der Waals surface area (Å²) >= 11 is 1.76. The number of hydrogen-bond acceptors (Lipinski definition) is 2. The van der Waals surface area contributed by atoms with Gasteiger partial charge in [-0.1, -0.05) is 17.7 Å². The summed E-state index contributed by atoms with van der Waals surface area (Å²) in [4.78, 5) is 11.7. The van der Waals surface area contributed by atoms with E-state index in [9.17, 15) is 4.79 Å². The average molecular weight is 238 g/mol. The molecule has 2 nitrogen and oxygen atoms in total. The summed E-state index contributed by atoms with van der Waals surface area (Å²) in [6, 6.07) is 4.35. The summed E-state index contributed by atoms with van der Waals surface area (Å²) in [6.45, 7) is 6.32. The first kappa shape index (κ1) is 13.1. The summed E-state index contributed by atoms with van der Waals surface area (Å²) in [7, 11) is 0. The molecule has 0 atom stereocenters. The van der Waals surface area contributed by atoms with Crippen LogP contribution >= 0.6 is 11.8 Å². The molecule has 0 spiro atoms. The third kappa shape index (κ3) is 3.89. The lowest BCUT2D eigenvalue weighted by atomic mass is 10.1. The van der Waals surface area contributed by atoms with Crippen LogP contribution in [0.15, 0.2) is 17.0 Å². The maximum atomic E-state index is 10.4. The molecule has 88 valence electrons. The number of carbonyl (C=O) groups is 1. The first-order valence-electron chi connectivity index (χ1n) is 5.43. The second-order valence-corrected chi connectivity index (χ2v) is 5.18. The van der Waals surface area contributed by atoms with Gasteiger partial charge in [-0.15, -0.1) is 11.8 Å². The highest BCUT2D eigenvalue weighted by molar-refractivity contribution is 7.99. The zero-order valence-electron chi connectivity index (χ0n) is 10.0. The average Bonchev–Trinajstić information content (AvgIpc) is 2.14. The number of hydrogen-bond donors (Lipinski definition) is 1. The molecule has 0 bridgehead atoms. The SMILES string of the molecule is Cc1cc(C)c(SCCCC(=O)O)c(C)c1. The lowest BCUT2D eigenvalue weighted by molar-refractivity contribution is -0.137. The van der Waals surface area contributed by atoms with E-state index in [2.05, 4.69) is 32.9 Å². The molecule has 0 aliphatic rings. The lowest BCUT2D eigenvalue weighted by Gasteiger charge is -2.10. The van der Waals surface area contributed by atoms with E-state index in [4.69, 9.17) is 5.11 Å². The molecular formula is C13H18O2S. The Balaban J connectivity index is 2.57. The third-order valence-electron chi connectivity index (χ3n) is 2.39. The van der Waals surface area contributed by atoms with E-state index in [0.717, 1.165) is 12.2 Å². The van der Waals surface area contributed by atoms with Crippen LogP contribution in [0.4, 0.5) is 0 Å². The minimum atomic E-state index is -0.710. The Labute approximate surface area is 101 Å². The molecule has 1 aromatic carbocycles. The van der Waals surface area contributed by atoms with E-state index < -0.39 is 5.97 Å². The molecule has 0 saturated carbocycles. The molecule has 0 radical (unpaired) electrons. The van der Waals surface area contributed by atoms with Crippen molar-refractivity contribution in [2.24, 2.45) is 0 Å². The van der Waals surface area contributed by atoms with Gasteiger partial charge in [0.15, 0.2) is 0 Å². The van der Waals surface area contributed by atoms with Crippen LogP contribution in [0.2, 0.25) is 0 Å². The van der Waals surface area contributed by atoms with Crippen molar-refractivity contribution in [3.63, 3.8) is 0 Å². The largest absolute Gasteiger partial charge is 0.481 e. The van der Waals surface area contributed by atoms with Crippen LogP contribution in [0.1, 0.15) is 29.5 Å². The Hall–Kier alpha value is -0.960. The van der Waals surface area contributed by atoms with Crippen molar-refractivity contribution >= 4 is 17.7 Å². The zero-order chi connectivity index (χ0) is 12.1. The minimum absolute atomic E-state index is 0.261. The molecule has 1 rings (SSSR count). The fourth-order valence-electron chi connectivity index (χ4n) is 1.79. The predicted octanol–water partition coefficient (Wildman–Crippen LogP) is 3.57. The summed E-state index contributed by atoms with van der Waals surface area (Å²) in [5.41, 5.74) is 3.86. The van der Waals surface area contributed by atoms with E-state index in [-0.39, 0.29) is 6.42 Å². The van der Waals surface area contributed by atoms with E-state index in [1.165, 1.54) is 21.6 Å². The fourth-order valence-corrected chi connectivity index (χ4v) is 2.86. The zero-order valence-corrected chi connectivity index (χ0v) is 10.9. The van der Waals surface area contributed by atoms with E-state index in [1.807, 2.05) is 0 Å². The standard InChI is InChI=1S/C13H18O2S/c1-9-7-10(2)13(11(3)8-9)16-6-4-5-12(14)15/h7-8H,4-6H2,1-3H3,(H,14,15). The van der Waals surface area contributed by atoms with Crippen LogP contribution in [0.3, 0.4) is 0 Å². The van der Waals surface area contributed by atoms with Crippen molar-refractivity contribution in [3.05, 3.63) is 28.8 Å². The highest BCUT2D eigenvalue weighted by atomic mass is 32.2. The molecule has 3 heteroatoms. The first-order valence-corrected chi connectivity index (χ1v) is 6.41. The van der Waals surface area contributed by atoms with Crippen LogP contribution in [0.5, 0.6) is 0 Å². The van der Waals surface area contributed by atoms with E-state index >= 15 is 0 Å². The molecule has 16 heavy (non-hydrogen) atoms. The summed E-state index contributed by atoms with van der Waals surface area (Å²) in [5, 5.41) is 8.55. The Morgan fingerprint density at radius 1 is 1.25 bits per heavy atom. The first-order chi connectivity index (χ1) is 7.50. The monoisotopic (exact) mass is 238 g/mol. The molecule has 0 aromatic heterocycles. The van der Waals surface area contributed by atoms with Crippen LogP contribution in [0.25, 0.3) is 0 Å². The van der Waals surface area contributed by atoms with Crippen molar-refractivity contribution in [2.75, 3.05) is 5.75 Å². The van der Waals surface area contributed by atoms with Crippen molar-refractivity contribution in [3.8, 4) is 0 Å². The summed E-state index contributed by atoms with van der Waals surface area (Å²) in [5.74, 6) is 0.162. The normalized spacial score (nSPS) is 10.4. The van der Waals surface area contributed by atoms with Crippen LogP contribution < -0.4 is 0 Å². The Kier molecular flexibility index (Phi) is 4.87. The lowest BCUT2D eigenvalue weighted by Crippen LogP contribution is -1.95. The quantitative estimate of drug-likeness (QED) is 0.629. The second-order valence-electron chi connectivity index (χ2n) is 4.07. The van der Waals surface area contributed by atoms with Gasteiger partial charge in [-0.2, -0.15) is 0 Å². The molecular weight excluding hydrogens is 220 g/mol. The smallest absolute Gasteiger partial charge is 0.303 e. The van der Waals surface area contributed by atoms with Gasteiger partial charge in [0.05, 0.1) is 0 Å². The molecule has 1 aromatic rings. The third-order valence-corrected chi connectivity index (χ3v) is 3.81.